The quantitative estimate of drug-likeness (QED) is 0.539. The summed E-state index contributed by atoms with van der Waals surface area (Å²) in [5, 5.41) is 3.63. The maximum Gasteiger partial charge on any atom is 0.000516 e. The fourth-order valence-corrected chi connectivity index (χ4v) is 2.55. The van der Waals surface area contributed by atoms with Gasteiger partial charge in [0, 0.05) is 6.54 Å². The van der Waals surface area contributed by atoms with E-state index in [1.54, 1.807) is 0 Å². The first-order chi connectivity index (χ1) is 7.77. The molecule has 16 heavy (non-hydrogen) atoms. The first kappa shape index (κ1) is 14.0. The molecular weight excluding hydrogens is 194 g/mol. The lowest BCUT2D eigenvalue weighted by atomic mass is 9.70. The SMILES string of the molecule is CCCCCCCCCNCC1(C)CCC1. The molecule has 1 nitrogen and oxygen atoms in total. The predicted molar refractivity (Wildman–Crippen MR) is 72.8 cm³/mol. The van der Waals surface area contributed by atoms with Gasteiger partial charge in [-0.25, -0.2) is 0 Å². The predicted octanol–water partition coefficient (Wildman–Crippen LogP) is 4.52. The molecule has 0 bridgehead atoms. The molecule has 1 heteroatoms. The molecule has 0 saturated heterocycles. The van der Waals surface area contributed by atoms with Crippen LogP contribution in [0.1, 0.15) is 78.1 Å². The lowest BCUT2D eigenvalue weighted by Crippen LogP contribution is -2.37. The Kier molecular flexibility index (Phi) is 7.11. The first-order valence-electron chi connectivity index (χ1n) is 7.47. The van der Waals surface area contributed by atoms with Crippen LogP contribution >= 0.6 is 0 Å². The molecule has 1 fully saturated rings. The summed E-state index contributed by atoms with van der Waals surface area (Å²) in [5.74, 6) is 0. The van der Waals surface area contributed by atoms with E-state index in [4.69, 9.17) is 0 Å². The van der Waals surface area contributed by atoms with Crippen molar-refractivity contribution in [2.75, 3.05) is 13.1 Å². The van der Waals surface area contributed by atoms with Crippen LogP contribution in [0.3, 0.4) is 0 Å². The number of unbranched alkanes of at least 4 members (excludes halogenated alkanes) is 6. The molecule has 0 atom stereocenters. The minimum absolute atomic E-state index is 0.654. The van der Waals surface area contributed by atoms with E-state index in [0.29, 0.717) is 5.41 Å². The molecule has 1 rings (SSSR count). The lowest BCUT2D eigenvalue weighted by molar-refractivity contribution is 0.157. The van der Waals surface area contributed by atoms with Crippen LogP contribution in [0.2, 0.25) is 0 Å². The van der Waals surface area contributed by atoms with Gasteiger partial charge in [-0.15, -0.1) is 0 Å². The van der Waals surface area contributed by atoms with Crippen molar-refractivity contribution in [1.29, 1.82) is 0 Å². The third-order valence-electron chi connectivity index (χ3n) is 4.07. The van der Waals surface area contributed by atoms with E-state index in [9.17, 15) is 0 Å². The van der Waals surface area contributed by atoms with Crippen molar-refractivity contribution in [3.05, 3.63) is 0 Å². The van der Waals surface area contributed by atoms with Gasteiger partial charge in [0.1, 0.15) is 0 Å². The van der Waals surface area contributed by atoms with Crippen molar-refractivity contribution in [2.24, 2.45) is 5.41 Å². The highest BCUT2D eigenvalue weighted by atomic mass is 14.9. The van der Waals surface area contributed by atoms with E-state index in [0.717, 1.165) is 0 Å². The van der Waals surface area contributed by atoms with Crippen molar-refractivity contribution in [2.45, 2.75) is 78.1 Å². The average molecular weight is 225 g/mol. The summed E-state index contributed by atoms with van der Waals surface area (Å²) in [4.78, 5) is 0. The molecule has 0 unspecified atom stereocenters. The van der Waals surface area contributed by atoms with Gasteiger partial charge in [-0.1, -0.05) is 58.8 Å². The second kappa shape index (κ2) is 8.11. The van der Waals surface area contributed by atoms with Crippen LogP contribution in [0, 0.1) is 5.41 Å². The Morgan fingerprint density at radius 2 is 1.56 bits per heavy atom. The Balaban J connectivity index is 1.74. The molecule has 0 heterocycles. The molecule has 0 aliphatic heterocycles. The summed E-state index contributed by atoms with van der Waals surface area (Å²) in [6.45, 7) is 7.20. The highest BCUT2D eigenvalue weighted by molar-refractivity contribution is 4.84. The second-order valence-electron chi connectivity index (χ2n) is 5.96. The second-order valence-corrected chi connectivity index (χ2v) is 5.96. The van der Waals surface area contributed by atoms with Gasteiger partial charge >= 0.3 is 0 Å². The van der Waals surface area contributed by atoms with Crippen molar-refractivity contribution in [3.63, 3.8) is 0 Å². The first-order valence-corrected chi connectivity index (χ1v) is 7.47. The lowest BCUT2D eigenvalue weighted by Gasteiger charge is -2.38. The van der Waals surface area contributed by atoms with Crippen LogP contribution in [0.15, 0.2) is 0 Å². The zero-order valence-corrected chi connectivity index (χ0v) is 11.5. The Morgan fingerprint density at radius 1 is 0.938 bits per heavy atom. The topological polar surface area (TPSA) is 12.0 Å². The third-order valence-corrected chi connectivity index (χ3v) is 4.07. The van der Waals surface area contributed by atoms with Crippen molar-refractivity contribution >= 4 is 0 Å². The normalized spacial score (nSPS) is 18.4. The van der Waals surface area contributed by atoms with Gasteiger partial charge in [0.2, 0.25) is 0 Å². The summed E-state index contributed by atoms with van der Waals surface area (Å²) in [5.41, 5.74) is 0.654. The highest BCUT2D eigenvalue weighted by Crippen LogP contribution is 2.39. The summed E-state index contributed by atoms with van der Waals surface area (Å²) in [6.07, 6.45) is 14.3. The smallest absolute Gasteiger partial charge is 0.000516 e. The Labute approximate surface area is 102 Å². The van der Waals surface area contributed by atoms with Crippen LogP contribution in [0.4, 0.5) is 0 Å². The molecule has 0 amide bonds. The van der Waals surface area contributed by atoms with Crippen molar-refractivity contribution < 1.29 is 0 Å². The third kappa shape index (κ3) is 5.89. The molecule has 1 aliphatic rings. The van der Waals surface area contributed by atoms with Crippen molar-refractivity contribution in [1.82, 2.24) is 5.32 Å². The minimum atomic E-state index is 0.654. The maximum absolute atomic E-state index is 3.63. The molecule has 0 aromatic heterocycles. The maximum atomic E-state index is 3.63. The Morgan fingerprint density at radius 3 is 2.12 bits per heavy atom. The van der Waals surface area contributed by atoms with E-state index >= 15 is 0 Å². The van der Waals surface area contributed by atoms with Crippen LogP contribution < -0.4 is 5.32 Å². The number of nitrogens with one attached hydrogen (secondary N) is 1. The highest BCUT2D eigenvalue weighted by Gasteiger charge is 2.30. The Bertz CT molecular complexity index is 161. The fourth-order valence-electron chi connectivity index (χ4n) is 2.55. The van der Waals surface area contributed by atoms with Crippen LogP contribution in [0.5, 0.6) is 0 Å². The zero-order chi connectivity index (χ0) is 11.7. The molecule has 1 saturated carbocycles. The Hall–Kier alpha value is -0.0400. The van der Waals surface area contributed by atoms with Gasteiger partial charge < -0.3 is 5.32 Å². The largest absolute Gasteiger partial charge is 0.316 e. The molecule has 1 N–H and O–H groups in total. The molecule has 1 aliphatic carbocycles. The van der Waals surface area contributed by atoms with E-state index in [1.807, 2.05) is 0 Å². The van der Waals surface area contributed by atoms with E-state index in [2.05, 4.69) is 19.2 Å². The summed E-state index contributed by atoms with van der Waals surface area (Å²) >= 11 is 0. The zero-order valence-electron chi connectivity index (χ0n) is 11.5. The van der Waals surface area contributed by atoms with Gasteiger partial charge in [0.25, 0.3) is 0 Å². The molecule has 0 radical (unpaired) electrons. The minimum Gasteiger partial charge on any atom is -0.316 e. The molecule has 0 aromatic carbocycles. The van der Waals surface area contributed by atoms with E-state index in [1.165, 1.54) is 77.3 Å². The van der Waals surface area contributed by atoms with E-state index in [-0.39, 0.29) is 0 Å². The molecule has 0 aromatic rings. The summed E-state index contributed by atoms with van der Waals surface area (Å²) < 4.78 is 0. The molecular formula is C15H31N. The van der Waals surface area contributed by atoms with Crippen molar-refractivity contribution in [3.8, 4) is 0 Å². The number of hydrogen-bond donors (Lipinski definition) is 1. The van der Waals surface area contributed by atoms with Crippen LogP contribution in [0.25, 0.3) is 0 Å². The van der Waals surface area contributed by atoms with Gasteiger partial charge in [0.15, 0.2) is 0 Å². The standard InChI is InChI=1S/C15H31N/c1-3-4-5-6-7-8-9-13-16-14-15(2)11-10-12-15/h16H,3-14H2,1-2H3. The van der Waals surface area contributed by atoms with Crippen LogP contribution in [-0.2, 0) is 0 Å². The fraction of sp³-hybridized carbons (Fsp3) is 1.00. The summed E-state index contributed by atoms with van der Waals surface area (Å²) in [7, 11) is 0. The van der Waals surface area contributed by atoms with Gasteiger partial charge in [-0.3, -0.25) is 0 Å². The average Bonchev–Trinajstić information content (AvgIpc) is 2.24. The van der Waals surface area contributed by atoms with E-state index < -0.39 is 0 Å². The summed E-state index contributed by atoms with van der Waals surface area (Å²) in [6, 6.07) is 0. The molecule has 0 spiro atoms. The van der Waals surface area contributed by atoms with Gasteiger partial charge in [-0.05, 0) is 31.2 Å². The van der Waals surface area contributed by atoms with Gasteiger partial charge in [-0.2, -0.15) is 0 Å². The number of rotatable bonds is 10. The van der Waals surface area contributed by atoms with Crippen LogP contribution in [-0.4, -0.2) is 13.1 Å². The number of hydrogen-bond acceptors (Lipinski definition) is 1. The van der Waals surface area contributed by atoms with Gasteiger partial charge in [0.05, 0.1) is 0 Å². The molecule has 96 valence electrons. The monoisotopic (exact) mass is 225 g/mol.